The highest BCUT2D eigenvalue weighted by Crippen LogP contribution is 2.30. The van der Waals surface area contributed by atoms with Crippen LogP contribution >= 0.6 is 0 Å². The number of benzene rings is 3. The van der Waals surface area contributed by atoms with E-state index in [0.717, 1.165) is 54.1 Å². The van der Waals surface area contributed by atoms with E-state index in [1.54, 1.807) is 0 Å². The van der Waals surface area contributed by atoms with E-state index in [4.69, 9.17) is 0 Å². The normalized spacial score (nSPS) is 17.5. The summed E-state index contributed by atoms with van der Waals surface area (Å²) in [6.07, 6.45) is 2.27. The number of nitrogens with one attached hydrogen (secondary N) is 1. The molecule has 2 saturated heterocycles. The smallest absolute Gasteiger partial charge is 0.254 e. The number of aliphatic hydroxyl groups excluding tert-OH is 1. The van der Waals surface area contributed by atoms with Crippen LogP contribution in [0.4, 0.5) is 17.1 Å². The third-order valence-corrected chi connectivity index (χ3v) is 8.84. The summed E-state index contributed by atoms with van der Waals surface area (Å²) in [6.45, 7) is 8.90. The number of aryl methyl sites for hydroxylation is 2. The minimum Gasteiger partial charge on any atom is -0.394 e. The summed E-state index contributed by atoms with van der Waals surface area (Å²) in [4.78, 5) is 32.7. The third kappa shape index (κ3) is 6.37. The highest BCUT2D eigenvalue weighted by molar-refractivity contribution is 6.01. The van der Waals surface area contributed by atoms with Crippen LogP contribution < -0.4 is 15.1 Å². The first kappa shape index (κ1) is 30.1. The molecule has 43 heavy (non-hydrogen) atoms. The highest BCUT2D eigenvalue weighted by Gasteiger charge is 2.32. The molecule has 2 N–H and O–H groups in total. The Morgan fingerprint density at radius 2 is 1.63 bits per heavy atom. The van der Waals surface area contributed by atoms with E-state index >= 15 is 0 Å². The Labute approximate surface area is 254 Å². The number of rotatable bonds is 8. The Morgan fingerprint density at radius 1 is 0.930 bits per heavy atom. The Balaban J connectivity index is 1.27. The van der Waals surface area contributed by atoms with Crippen molar-refractivity contribution in [1.29, 1.82) is 5.26 Å². The van der Waals surface area contributed by atoms with Crippen LogP contribution in [-0.4, -0.2) is 73.1 Å². The van der Waals surface area contributed by atoms with Crippen LogP contribution in [0.3, 0.4) is 0 Å². The number of piperazine rings is 1. The van der Waals surface area contributed by atoms with Gasteiger partial charge >= 0.3 is 0 Å². The van der Waals surface area contributed by atoms with Crippen molar-refractivity contribution in [2.45, 2.75) is 52.1 Å². The number of ketones is 1. The summed E-state index contributed by atoms with van der Waals surface area (Å²) in [7, 11) is 0. The third-order valence-electron chi connectivity index (χ3n) is 8.84. The van der Waals surface area contributed by atoms with Gasteiger partial charge in [-0.05, 0) is 68.1 Å². The van der Waals surface area contributed by atoms with Gasteiger partial charge < -0.3 is 25.1 Å². The average molecular weight is 580 g/mol. The van der Waals surface area contributed by atoms with Gasteiger partial charge in [0.1, 0.15) is 6.07 Å². The standard InChI is InChI=1S/C35H41N5O3/c1-4-34(42)29-10-6-8-12-33(29)40-18-17-39(22-28(40)23-41)35(43)30-20-31(25(3)19-24(30)2)37-27-13-15-38(16-14-27)32-11-7-5-9-26(32)21-36/h5-12,19-20,27-28,37,41H,4,13-18,22-23H2,1-3H3/t28-/m0/s1. The van der Waals surface area contributed by atoms with Crippen molar-refractivity contribution >= 4 is 28.8 Å². The molecule has 0 unspecified atom stereocenters. The van der Waals surface area contributed by atoms with Crippen molar-refractivity contribution in [3.05, 3.63) is 88.5 Å². The minimum atomic E-state index is -0.303. The molecule has 2 aliphatic heterocycles. The van der Waals surface area contributed by atoms with Crippen molar-refractivity contribution in [3.63, 3.8) is 0 Å². The fourth-order valence-corrected chi connectivity index (χ4v) is 6.40. The molecule has 8 heteroatoms. The van der Waals surface area contributed by atoms with E-state index in [-0.39, 0.29) is 30.4 Å². The van der Waals surface area contributed by atoms with Crippen LogP contribution in [0.2, 0.25) is 0 Å². The maximum absolute atomic E-state index is 13.9. The first-order chi connectivity index (χ1) is 20.8. The largest absolute Gasteiger partial charge is 0.394 e. The molecule has 2 fully saturated rings. The number of aliphatic hydroxyl groups is 1. The van der Waals surface area contributed by atoms with Crippen LogP contribution in [0.5, 0.6) is 0 Å². The molecular formula is C35H41N5O3. The van der Waals surface area contributed by atoms with E-state index < -0.39 is 0 Å². The van der Waals surface area contributed by atoms with Crippen molar-refractivity contribution in [1.82, 2.24) is 4.90 Å². The number of piperidine rings is 1. The van der Waals surface area contributed by atoms with E-state index in [2.05, 4.69) is 34.2 Å². The number of nitriles is 1. The highest BCUT2D eigenvalue weighted by atomic mass is 16.3. The molecule has 8 nitrogen and oxygen atoms in total. The lowest BCUT2D eigenvalue weighted by Gasteiger charge is -2.42. The molecule has 0 saturated carbocycles. The van der Waals surface area contributed by atoms with Crippen LogP contribution in [0.15, 0.2) is 60.7 Å². The molecule has 0 aromatic heterocycles. The maximum atomic E-state index is 13.9. The molecule has 3 aromatic rings. The second-order valence-electron chi connectivity index (χ2n) is 11.6. The number of amides is 1. The first-order valence-electron chi connectivity index (χ1n) is 15.2. The lowest BCUT2D eigenvalue weighted by Crippen LogP contribution is -2.56. The summed E-state index contributed by atoms with van der Waals surface area (Å²) < 4.78 is 0. The van der Waals surface area contributed by atoms with E-state index in [1.165, 1.54) is 0 Å². The number of nitrogens with zero attached hydrogens (tertiary/aromatic N) is 4. The molecule has 5 rings (SSSR count). The van der Waals surface area contributed by atoms with Gasteiger partial charge in [-0.3, -0.25) is 9.59 Å². The van der Waals surface area contributed by atoms with Crippen molar-refractivity contribution < 1.29 is 14.7 Å². The van der Waals surface area contributed by atoms with E-state index in [9.17, 15) is 20.0 Å². The first-order valence-corrected chi connectivity index (χ1v) is 15.2. The van der Waals surface area contributed by atoms with E-state index in [0.29, 0.717) is 42.7 Å². The zero-order valence-corrected chi connectivity index (χ0v) is 25.3. The van der Waals surface area contributed by atoms with Gasteiger partial charge in [0, 0.05) is 67.7 Å². The molecule has 0 spiro atoms. The van der Waals surface area contributed by atoms with Crippen LogP contribution in [0.25, 0.3) is 0 Å². The quantitative estimate of drug-likeness (QED) is 0.355. The number of carbonyl (C=O) groups excluding carboxylic acids is 2. The molecule has 0 aliphatic carbocycles. The molecule has 224 valence electrons. The van der Waals surface area contributed by atoms with Crippen molar-refractivity contribution in [2.75, 3.05) is 54.4 Å². The topological polar surface area (TPSA) is 99.9 Å². The predicted molar refractivity (Wildman–Crippen MR) is 171 cm³/mol. The molecule has 0 bridgehead atoms. The van der Waals surface area contributed by atoms with Gasteiger partial charge in [-0.2, -0.15) is 5.26 Å². The van der Waals surface area contributed by atoms with Gasteiger partial charge in [0.05, 0.1) is 23.9 Å². The van der Waals surface area contributed by atoms with Crippen LogP contribution in [0, 0.1) is 25.2 Å². The van der Waals surface area contributed by atoms with E-state index in [1.807, 2.05) is 73.3 Å². The number of para-hydroxylation sites is 2. The number of carbonyl (C=O) groups is 2. The molecule has 2 heterocycles. The number of hydrogen-bond acceptors (Lipinski definition) is 7. The maximum Gasteiger partial charge on any atom is 0.254 e. The Morgan fingerprint density at radius 3 is 2.33 bits per heavy atom. The molecule has 1 atom stereocenters. The van der Waals surface area contributed by atoms with Crippen molar-refractivity contribution in [2.24, 2.45) is 0 Å². The number of hydrogen-bond donors (Lipinski definition) is 2. The van der Waals surface area contributed by atoms with Gasteiger partial charge in [-0.15, -0.1) is 0 Å². The van der Waals surface area contributed by atoms with Gasteiger partial charge in [0.2, 0.25) is 0 Å². The molecule has 1 amide bonds. The monoisotopic (exact) mass is 579 g/mol. The SMILES string of the molecule is CCC(=O)c1ccccc1N1CCN(C(=O)c2cc(NC3CCN(c4ccccc4C#N)CC3)c(C)cc2C)C[C@H]1CO. The zero-order valence-electron chi connectivity index (χ0n) is 25.3. The summed E-state index contributed by atoms with van der Waals surface area (Å²) >= 11 is 0. The Kier molecular flexibility index (Phi) is 9.32. The van der Waals surface area contributed by atoms with Gasteiger partial charge in [0.15, 0.2) is 5.78 Å². The van der Waals surface area contributed by atoms with Gasteiger partial charge in [-0.25, -0.2) is 0 Å². The Hall–Kier alpha value is -4.35. The molecule has 0 radical (unpaired) electrons. The van der Waals surface area contributed by atoms with Gasteiger partial charge in [-0.1, -0.05) is 37.3 Å². The zero-order chi connectivity index (χ0) is 30.5. The predicted octanol–water partition coefficient (Wildman–Crippen LogP) is 5.17. The molecular weight excluding hydrogens is 538 g/mol. The second-order valence-corrected chi connectivity index (χ2v) is 11.6. The fraction of sp³-hybridized carbons (Fsp3) is 0.400. The number of Topliss-reactive ketones (excluding diaryl/α,β-unsaturated/α-hetero) is 1. The lowest BCUT2D eigenvalue weighted by atomic mass is 9.98. The summed E-state index contributed by atoms with van der Waals surface area (Å²) in [5, 5.41) is 23.5. The Bertz CT molecular complexity index is 1520. The van der Waals surface area contributed by atoms with Gasteiger partial charge in [0.25, 0.3) is 5.91 Å². The van der Waals surface area contributed by atoms with Crippen LogP contribution in [0.1, 0.15) is 63.6 Å². The summed E-state index contributed by atoms with van der Waals surface area (Å²) in [5.41, 5.74) is 6.84. The van der Waals surface area contributed by atoms with Crippen molar-refractivity contribution in [3.8, 4) is 6.07 Å². The molecule has 2 aliphatic rings. The minimum absolute atomic E-state index is 0.0421. The van der Waals surface area contributed by atoms with Crippen LogP contribution in [-0.2, 0) is 0 Å². The average Bonchev–Trinajstić information content (AvgIpc) is 3.05. The fourth-order valence-electron chi connectivity index (χ4n) is 6.40. The lowest BCUT2D eigenvalue weighted by molar-refractivity contribution is 0.0697. The summed E-state index contributed by atoms with van der Waals surface area (Å²) in [6, 6.07) is 21.6. The number of anilines is 3. The second kappa shape index (κ2) is 13.3. The summed E-state index contributed by atoms with van der Waals surface area (Å²) in [5.74, 6) is 0.0262. The molecule has 3 aromatic carbocycles.